The van der Waals surface area contributed by atoms with E-state index in [1.54, 1.807) is 4.90 Å². The molecule has 1 fully saturated rings. The van der Waals surface area contributed by atoms with Crippen LogP contribution in [0.15, 0.2) is 10.2 Å². The second-order valence-corrected chi connectivity index (χ2v) is 7.73. The quantitative estimate of drug-likeness (QED) is 0.863. The van der Waals surface area contributed by atoms with Gasteiger partial charge < -0.3 is 10.0 Å². The van der Waals surface area contributed by atoms with Gasteiger partial charge in [-0.2, -0.15) is 0 Å². The standard InChI is InChI=1S/C18H23N3O4S/c1-3-4-13-19-16-15(12(10-26-16)18(24)25)17(23)21(13)9-14(22)20-7-5-11(2)6-8-20/h10-11H,3-9H2,1-2H3,(H,24,25). The molecule has 0 bridgehead atoms. The van der Waals surface area contributed by atoms with E-state index in [2.05, 4.69) is 11.9 Å². The van der Waals surface area contributed by atoms with Crippen molar-refractivity contribution in [2.75, 3.05) is 13.1 Å². The Kier molecular flexibility index (Phi) is 5.41. The minimum atomic E-state index is -1.15. The molecule has 1 saturated heterocycles. The number of hydrogen-bond donors (Lipinski definition) is 1. The van der Waals surface area contributed by atoms with E-state index in [9.17, 15) is 19.5 Å². The summed E-state index contributed by atoms with van der Waals surface area (Å²) in [6.07, 6.45) is 3.28. The normalized spacial score (nSPS) is 15.5. The number of carboxylic acid groups (broad SMARTS) is 1. The highest BCUT2D eigenvalue weighted by molar-refractivity contribution is 7.17. The van der Waals surface area contributed by atoms with Gasteiger partial charge in [-0.15, -0.1) is 11.3 Å². The average molecular weight is 377 g/mol. The van der Waals surface area contributed by atoms with Crippen LogP contribution >= 0.6 is 11.3 Å². The summed E-state index contributed by atoms with van der Waals surface area (Å²) in [5, 5.41) is 10.9. The highest BCUT2D eigenvalue weighted by atomic mass is 32.1. The molecule has 0 saturated carbocycles. The predicted octanol–water partition coefficient (Wildman–Crippen LogP) is 2.37. The monoisotopic (exact) mass is 377 g/mol. The number of carbonyl (C=O) groups is 2. The third-order valence-corrected chi connectivity index (χ3v) is 5.78. The van der Waals surface area contributed by atoms with Gasteiger partial charge in [0.25, 0.3) is 5.56 Å². The molecule has 7 nitrogen and oxygen atoms in total. The Morgan fingerprint density at radius 3 is 2.65 bits per heavy atom. The van der Waals surface area contributed by atoms with Crippen LogP contribution in [0.3, 0.4) is 0 Å². The number of carbonyl (C=O) groups excluding carboxylic acids is 1. The Bertz CT molecular complexity index is 894. The fourth-order valence-electron chi connectivity index (χ4n) is 3.29. The second-order valence-electron chi connectivity index (χ2n) is 6.87. The molecule has 3 rings (SSSR count). The number of likely N-dealkylation sites (tertiary alicyclic amines) is 1. The Morgan fingerprint density at radius 1 is 1.35 bits per heavy atom. The molecular formula is C18H23N3O4S. The number of carboxylic acids is 1. The van der Waals surface area contributed by atoms with E-state index in [1.165, 1.54) is 9.95 Å². The number of aromatic nitrogens is 2. The number of thiophene rings is 1. The van der Waals surface area contributed by atoms with Crippen LogP contribution < -0.4 is 5.56 Å². The number of hydrogen-bond acceptors (Lipinski definition) is 5. The van der Waals surface area contributed by atoms with Crippen molar-refractivity contribution in [3.63, 3.8) is 0 Å². The van der Waals surface area contributed by atoms with Crippen LogP contribution in [0.1, 0.15) is 49.3 Å². The van der Waals surface area contributed by atoms with E-state index >= 15 is 0 Å². The average Bonchev–Trinajstić information content (AvgIpc) is 3.03. The smallest absolute Gasteiger partial charge is 0.337 e. The Balaban J connectivity index is 1.99. The van der Waals surface area contributed by atoms with Crippen LogP contribution in [-0.4, -0.2) is 44.5 Å². The van der Waals surface area contributed by atoms with E-state index in [0.29, 0.717) is 36.1 Å². The third kappa shape index (κ3) is 3.51. The van der Waals surface area contributed by atoms with Gasteiger partial charge in [0.1, 0.15) is 17.2 Å². The first kappa shape index (κ1) is 18.6. The van der Waals surface area contributed by atoms with Crippen molar-refractivity contribution in [2.45, 2.75) is 46.1 Å². The van der Waals surface area contributed by atoms with Crippen LogP contribution in [-0.2, 0) is 17.8 Å². The summed E-state index contributed by atoms with van der Waals surface area (Å²) in [5.41, 5.74) is -0.477. The van der Waals surface area contributed by atoms with E-state index in [1.807, 2.05) is 6.92 Å². The highest BCUT2D eigenvalue weighted by Crippen LogP contribution is 2.22. The molecule has 0 radical (unpaired) electrons. The summed E-state index contributed by atoms with van der Waals surface area (Å²) < 4.78 is 1.37. The Hall–Kier alpha value is -2.22. The van der Waals surface area contributed by atoms with Crippen molar-refractivity contribution >= 4 is 33.4 Å². The first-order valence-electron chi connectivity index (χ1n) is 8.94. The van der Waals surface area contributed by atoms with E-state index in [-0.39, 0.29) is 23.4 Å². The topological polar surface area (TPSA) is 92.5 Å². The van der Waals surface area contributed by atoms with Crippen molar-refractivity contribution in [1.82, 2.24) is 14.5 Å². The minimum absolute atomic E-state index is 0.0430. The van der Waals surface area contributed by atoms with Gasteiger partial charge in [0, 0.05) is 24.9 Å². The first-order chi connectivity index (χ1) is 12.4. The first-order valence-corrected chi connectivity index (χ1v) is 9.82. The third-order valence-electron chi connectivity index (χ3n) is 4.91. The maximum Gasteiger partial charge on any atom is 0.337 e. The van der Waals surface area contributed by atoms with Gasteiger partial charge in [-0.3, -0.25) is 14.2 Å². The molecule has 3 heterocycles. The summed E-state index contributed by atoms with van der Waals surface area (Å²) in [4.78, 5) is 43.8. The molecule has 0 atom stereocenters. The lowest BCUT2D eigenvalue weighted by molar-refractivity contribution is -0.133. The van der Waals surface area contributed by atoms with Gasteiger partial charge in [0.15, 0.2) is 0 Å². The van der Waals surface area contributed by atoms with Gasteiger partial charge in [-0.05, 0) is 25.2 Å². The van der Waals surface area contributed by atoms with Gasteiger partial charge in [-0.25, -0.2) is 9.78 Å². The molecule has 0 aliphatic carbocycles. The molecule has 0 unspecified atom stereocenters. The number of aryl methyl sites for hydroxylation is 1. The number of rotatable bonds is 5. The fourth-order valence-corrected chi connectivity index (χ4v) is 4.22. The Labute approximate surface area is 155 Å². The molecular weight excluding hydrogens is 354 g/mol. The number of piperidine rings is 1. The molecule has 1 amide bonds. The maximum absolute atomic E-state index is 13.0. The molecule has 0 spiro atoms. The zero-order valence-electron chi connectivity index (χ0n) is 15.0. The van der Waals surface area contributed by atoms with Crippen LogP contribution in [0.25, 0.3) is 10.2 Å². The lowest BCUT2D eigenvalue weighted by atomic mass is 9.99. The molecule has 0 aromatic carbocycles. The zero-order valence-corrected chi connectivity index (χ0v) is 15.8. The highest BCUT2D eigenvalue weighted by Gasteiger charge is 2.24. The summed E-state index contributed by atoms with van der Waals surface area (Å²) in [7, 11) is 0. The number of amides is 1. The lowest BCUT2D eigenvalue weighted by Gasteiger charge is -2.30. The van der Waals surface area contributed by atoms with Crippen molar-refractivity contribution in [1.29, 1.82) is 0 Å². The second kappa shape index (κ2) is 7.57. The number of aromatic carboxylic acids is 1. The molecule has 8 heteroatoms. The largest absolute Gasteiger partial charge is 0.478 e. The van der Waals surface area contributed by atoms with E-state index in [0.717, 1.165) is 30.6 Å². The minimum Gasteiger partial charge on any atom is -0.478 e. The van der Waals surface area contributed by atoms with Crippen LogP contribution in [0.5, 0.6) is 0 Å². The number of fused-ring (bicyclic) bond motifs is 1. The van der Waals surface area contributed by atoms with Gasteiger partial charge >= 0.3 is 5.97 Å². The molecule has 2 aromatic rings. The summed E-state index contributed by atoms with van der Waals surface area (Å²) >= 11 is 1.15. The van der Waals surface area contributed by atoms with Crippen molar-refractivity contribution in [3.8, 4) is 0 Å². The van der Waals surface area contributed by atoms with Crippen LogP contribution in [0.2, 0.25) is 0 Å². The molecule has 1 aliphatic heterocycles. The van der Waals surface area contributed by atoms with Crippen molar-refractivity contribution < 1.29 is 14.7 Å². The molecule has 2 aromatic heterocycles. The Morgan fingerprint density at radius 2 is 2.04 bits per heavy atom. The zero-order chi connectivity index (χ0) is 18.8. The lowest BCUT2D eigenvalue weighted by Crippen LogP contribution is -2.42. The summed E-state index contributed by atoms with van der Waals surface area (Å²) in [6, 6.07) is 0. The summed E-state index contributed by atoms with van der Waals surface area (Å²) in [5.74, 6) is -0.104. The summed E-state index contributed by atoms with van der Waals surface area (Å²) in [6.45, 7) is 5.47. The van der Waals surface area contributed by atoms with Crippen molar-refractivity contribution in [2.24, 2.45) is 5.92 Å². The van der Waals surface area contributed by atoms with Gasteiger partial charge in [-0.1, -0.05) is 13.8 Å². The number of nitrogens with zero attached hydrogens (tertiary/aromatic N) is 3. The fraction of sp³-hybridized carbons (Fsp3) is 0.556. The SMILES string of the molecule is CCCc1nc2scc(C(=O)O)c2c(=O)n1CC(=O)N1CCC(C)CC1. The molecule has 26 heavy (non-hydrogen) atoms. The van der Waals surface area contributed by atoms with E-state index < -0.39 is 11.5 Å². The van der Waals surface area contributed by atoms with E-state index in [4.69, 9.17) is 0 Å². The van der Waals surface area contributed by atoms with Crippen LogP contribution in [0.4, 0.5) is 0 Å². The maximum atomic E-state index is 13.0. The predicted molar refractivity (Wildman–Crippen MR) is 99.8 cm³/mol. The van der Waals surface area contributed by atoms with Crippen LogP contribution in [0, 0.1) is 5.92 Å². The molecule has 1 N–H and O–H groups in total. The van der Waals surface area contributed by atoms with Crippen molar-refractivity contribution in [3.05, 3.63) is 27.1 Å². The molecule has 1 aliphatic rings. The van der Waals surface area contributed by atoms with Gasteiger partial charge in [0.2, 0.25) is 5.91 Å². The van der Waals surface area contributed by atoms with Gasteiger partial charge in [0.05, 0.1) is 10.9 Å². The molecule has 140 valence electrons.